The average molecular weight is 438 g/mol. The van der Waals surface area contributed by atoms with Crippen molar-refractivity contribution in [3.05, 3.63) is 112 Å². The molecule has 7 nitrogen and oxygen atoms in total. The van der Waals surface area contributed by atoms with E-state index in [9.17, 15) is 9.59 Å². The smallest absolute Gasteiger partial charge is 0.307 e. The van der Waals surface area contributed by atoms with Crippen molar-refractivity contribution in [3.8, 4) is 0 Å². The van der Waals surface area contributed by atoms with Crippen LogP contribution < -0.4 is 5.56 Å². The highest BCUT2D eigenvalue weighted by molar-refractivity contribution is 5.80. The largest absolute Gasteiger partial charge is 0.457 e. The molecule has 3 aromatic carbocycles. The van der Waals surface area contributed by atoms with E-state index in [0.29, 0.717) is 22.5 Å². The number of rotatable bonds is 6. The van der Waals surface area contributed by atoms with Crippen LogP contribution in [0.3, 0.4) is 0 Å². The summed E-state index contributed by atoms with van der Waals surface area (Å²) in [5.74, 6) is 0.410. The molecule has 2 heterocycles. The number of ether oxygens (including phenoxy) is 1. The standard InChI is InChI=1S/C26H22N4O3/c1-29-25(32)20-14-8-9-15-22(20)30-23(27-28-26(29)30)17-33-24(31)16-21(18-10-4-2-5-11-18)19-12-6-3-7-13-19/h2-15,21H,16-17H2,1H3. The summed E-state index contributed by atoms with van der Waals surface area (Å²) in [6.07, 6.45) is 0.198. The summed E-state index contributed by atoms with van der Waals surface area (Å²) in [5.41, 5.74) is 2.63. The van der Waals surface area contributed by atoms with Gasteiger partial charge in [-0.3, -0.25) is 18.6 Å². The molecule has 2 aromatic heterocycles. The maximum atomic E-state index is 12.9. The summed E-state index contributed by atoms with van der Waals surface area (Å²) < 4.78 is 8.84. The van der Waals surface area contributed by atoms with Crippen molar-refractivity contribution in [2.45, 2.75) is 18.9 Å². The van der Waals surface area contributed by atoms with Crippen LogP contribution in [0.25, 0.3) is 16.7 Å². The summed E-state index contributed by atoms with van der Waals surface area (Å²) in [4.78, 5) is 25.5. The molecule has 0 aliphatic carbocycles. The van der Waals surface area contributed by atoms with Crippen LogP contribution in [0.4, 0.5) is 0 Å². The molecule has 5 rings (SSSR count). The Labute approximate surface area is 189 Å². The van der Waals surface area contributed by atoms with Crippen LogP contribution in [-0.4, -0.2) is 25.1 Å². The lowest BCUT2D eigenvalue weighted by Crippen LogP contribution is -2.20. The van der Waals surface area contributed by atoms with E-state index in [1.807, 2.05) is 78.9 Å². The van der Waals surface area contributed by atoms with Gasteiger partial charge in [0.15, 0.2) is 12.4 Å². The predicted molar refractivity (Wildman–Crippen MR) is 125 cm³/mol. The molecule has 0 aliphatic heterocycles. The fourth-order valence-corrected chi connectivity index (χ4v) is 4.16. The molecule has 0 saturated heterocycles. The molecule has 0 atom stereocenters. The van der Waals surface area contributed by atoms with E-state index in [-0.39, 0.29) is 30.5 Å². The molecule has 0 fully saturated rings. The molecule has 5 aromatic rings. The summed E-state index contributed by atoms with van der Waals surface area (Å²) in [6.45, 7) is -0.0432. The molecule has 0 amide bonds. The predicted octanol–water partition coefficient (Wildman–Crippen LogP) is 3.85. The van der Waals surface area contributed by atoms with Crippen molar-refractivity contribution in [1.29, 1.82) is 0 Å². The van der Waals surface area contributed by atoms with Gasteiger partial charge < -0.3 is 4.74 Å². The van der Waals surface area contributed by atoms with Crippen LogP contribution in [0.2, 0.25) is 0 Å². The van der Waals surface area contributed by atoms with E-state index in [4.69, 9.17) is 4.74 Å². The van der Waals surface area contributed by atoms with Gasteiger partial charge in [-0.25, -0.2) is 0 Å². The van der Waals surface area contributed by atoms with Gasteiger partial charge in [0.2, 0.25) is 5.78 Å². The normalized spacial score (nSPS) is 11.3. The Morgan fingerprint density at radius 3 is 2.15 bits per heavy atom. The van der Waals surface area contributed by atoms with Crippen LogP contribution in [0, 0.1) is 0 Å². The SMILES string of the molecule is Cn1c(=O)c2ccccc2n2c(COC(=O)CC(c3ccccc3)c3ccccc3)nnc12. The van der Waals surface area contributed by atoms with E-state index in [1.54, 1.807) is 17.5 Å². The number of nitrogens with zero attached hydrogens (tertiary/aromatic N) is 4. The number of aromatic nitrogens is 4. The van der Waals surface area contributed by atoms with Gasteiger partial charge >= 0.3 is 5.97 Å². The van der Waals surface area contributed by atoms with Gasteiger partial charge in [0.1, 0.15) is 0 Å². The van der Waals surface area contributed by atoms with Crippen molar-refractivity contribution >= 4 is 22.6 Å². The van der Waals surface area contributed by atoms with Crippen LogP contribution in [0.5, 0.6) is 0 Å². The van der Waals surface area contributed by atoms with Gasteiger partial charge in [-0.15, -0.1) is 10.2 Å². The van der Waals surface area contributed by atoms with Gasteiger partial charge in [-0.2, -0.15) is 0 Å². The highest BCUT2D eigenvalue weighted by Crippen LogP contribution is 2.28. The topological polar surface area (TPSA) is 78.5 Å². The van der Waals surface area contributed by atoms with Crippen LogP contribution in [0.1, 0.15) is 29.3 Å². The second-order valence-corrected chi connectivity index (χ2v) is 7.87. The molecule has 0 N–H and O–H groups in total. The molecule has 0 unspecified atom stereocenters. The first-order valence-electron chi connectivity index (χ1n) is 10.7. The Morgan fingerprint density at radius 1 is 0.879 bits per heavy atom. The second-order valence-electron chi connectivity index (χ2n) is 7.87. The number of esters is 1. The van der Waals surface area contributed by atoms with E-state index in [0.717, 1.165) is 11.1 Å². The van der Waals surface area contributed by atoms with Crippen molar-refractivity contribution in [2.24, 2.45) is 7.05 Å². The summed E-state index contributed by atoms with van der Waals surface area (Å²) in [6, 6.07) is 27.1. The van der Waals surface area contributed by atoms with Gasteiger partial charge in [0.05, 0.1) is 17.3 Å². The van der Waals surface area contributed by atoms with Crippen molar-refractivity contribution < 1.29 is 9.53 Å². The van der Waals surface area contributed by atoms with E-state index < -0.39 is 0 Å². The first-order valence-corrected chi connectivity index (χ1v) is 10.7. The van der Waals surface area contributed by atoms with E-state index >= 15 is 0 Å². The molecular formula is C26H22N4O3. The lowest BCUT2D eigenvalue weighted by Gasteiger charge is -2.17. The van der Waals surface area contributed by atoms with Crippen molar-refractivity contribution in [2.75, 3.05) is 0 Å². The summed E-state index contributed by atoms with van der Waals surface area (Å²) >= 11 is 0. The molecule has 0 saturated carbocycles. The molecule has 164 valence electrons. The summed E-state index contributed by atoms with van der Waals surface area (Å²) in [5, 5.41) is 8.89. The number of para-hydroxylation sites is 1. The number of carbonyl (C=O) groups is 1. The minimum Gasteiger partial charge on any atom is -0.457 e. The van der Waals surface area contributed by atoms with Crippen molar-refractivity contribution in [1.82, 2.24) is 19.2 Å². The number of hydrogen-bond donors (Lipinski definition) is 0. The highest BCUT2D eigenvalue weighted by atomic mass is 16.5. The minimum absolute atomic E-state index is 0.0432. The molecular weight excluding hydrogens is 416 g/mol. The Hall–Kier alpha value is -4.26. The highest BCUT2D eigenvalue weighted by Gasteiger charge is 2.20. The Bertz CT molecular complexity index is 1450. The van der Waals surface area contributed by atoms with Gasteiger partial charge in [-0.05, 0) is 23.3 Å². The number of benzene rings is 3. The zero-order valence-corrected chi connectivity index (χ0v) is 18.1. The van der Waals surface area contributed by atoms with Crippen LogP contribution >= 0.6 is 0 Å². The first-order chi connectivity index (χ1) is 16.1. The van der Waals surface area contributed by atoms with Crippen LogP contribution in [-0.2, 0) is 23.2 Å². The maximum Gasteiger partial charge on any atom is 0.307 e. The zero-order valence-electron chi connectivity index (χ0n) is 18.1. The zero-order chi connectivity index (χ0) is 22.8. The lowest BCUT2D eigenvalue weighted by molar-refractivity contribution is -0.145. The Balaban J connectivity index is 1.42. The first kappa shape index (κ1) is 20.6. The van der Waals surface area contributed by atoms with Crippen LogP contribution in [0.15, 0.2) is 89.7 Å². The fraction of sp³-hybridized carbons (Fsp3) is 0.154. The number of hydrogen-bond acceptors (Lipinski definition) is 5. The third kappa shape index (κ3) is 3.89. The number of fused-ring (bicyclic) bond motifs is 3. The quantitative estimate of drug-likeness (QED) is 0.376. The molecule has 0 bridgehead atoms. The Morgan fingerprint density at radius 2 is 1.48 bits per heavy atom. The number of carbonyl (C=O) groups excluding carboxylic acids is 1. The van der Waals surface area contributed by atoms with E-state index in [1.165, 1.54) is 4.57 Å². The monoisotopic (exact) mass is 438 g/mol. The van der Waals surface area contributed by atoms with Crippen molar-refractivity contribution in [3.63, 3.8) is 0 Å². The second kappa shape index (κ2) is 8.70. The van der Waals surface area contributed by atoms with Gasteiger partial charge in [0, 0.05) is 13.0 Å². The molecule has 0 spiro atoms. The maximum absolute atomic E-state index is 12.9. The summed E-state index contributed by atoms with van der Waals surface area (Å²) in [7, 11) is 1.65. The third-order valence-corrected chi connectivity index (χ3v) is 5.83. The number of aryl methyl sites for hydroxylation is 1. The fourth-order valence-electron chi connectivity index (χ4n) is 4.16. The third-order valence-electron chi connectivity index (χ3n) is 5.83. The van der Waals surface area contributed by atoms with Gasteiger partial charge in [-0.1, -0.05) is 72.8 Å². The molecule has 0 radical (unpaired) electrons. The molecule has 7 heteroatoms. The Kier molecular flexibility index (Phi) is 5.44. The minimum atomic E-state index is -0.335. The van der Waals surface area contributed by atoms with E-state index in [2.05, 4.69) is 10.2 Å². The average Bonchev–Trinajstić information content (AvgIpc) is 3.30. The lowest BCUT2D eigenvalue weighted by atomic mass is 9.89. The van der Waals surface area contributed by atoms with Gasteiger partial charge in [0.25, 0.3) is 5.56 Å². The molecule has 0 aliphatic rings. The molecule has 33 heavy (non-hydrogen) atoms.